The molecule has 2 aromatic rings. The summed E-state index contributed by atoms with van der Waals surface area (Å²) in [6, 6.07) is 15.3. The molecular weight excluding hydrogens is 314 g/mol. The van der Waals surface area contributed by atoms with E-state index in [9.17, 15) is 4.79 Å². The lowest BCUT2D eigenvalue weighted by atomic mass is 10.0. The van der Waals surface area contributed by atoms with Crippen LogP contribution in [0.5, 0.6) is 5.75 Å². The minimum Gasteiger partial charge on any atom is -0.497 e. The number of esters is 1. The number of ether oxygens (including phenoxy) is 2. The maximum Gasteiger partial charge on any atom is 0.343 e. The lowest BCUT2D eigenvalue weighted by Crippen LogP contribution is -2.08. The van der Waals surface area contributed by atoms with Crippen molar-refractivity contribution >= 4 is 11.5 Å². The maximum absolute atomic E-state index is 12.2. The molecule has 0 N–H and O–H groups in total. The Balaban J connectivity index is 2.04. The van der Waals surface area contributed by atoms with Crippen LogP contribution in [-0.2, 0) is 4.74 Å². The van der Waals surface area contributed by atoms with Crippen LogP contribution >= 0.6 is 0 Å². The Hall–Kier alpha value is -3.58. The standard InChI is InChI=1S/C21H17NO3/c1-15(4-5-16(2)24-3)18-8-10-19(11-9-18)21(23)25-20-12-6-17(14-22)7-13-20/h4-13H,1-2H2,3H3/b5-4-. The van der Waals surface area contributed by atoms with Crippen molar-refractivity contribution in [1.82, 2.24) is 0 Å². The molecule has 0 bridgehead atoms. The van der Waals surface area contributed by atoms with Gasteiger partial charge in [-0.25, -0.2) is 4.79 Å². The number of benzene rings is 2. The molecule has 0 aromatic heterocycles. The predicted octanol–water partition coefficient (Wildman–Crippen LogP) is 4.51. The molecule has 4 heteroatoms. The predicted molar refractivity (Wildman–Crippen MR) is 96.9 cm³/mol. The van der Waals surface area contributed by atoms with Gasteiger partial charge in [-0.15, -0.1) is 0 Å². The minimum atomic E-state index is -0.467. The number of allylic oxidation sites excluding steroid dienone is 3. The smallest absolute Gasteiger partial charge is 0.343 e. The molecule has 124 valence electrons. The summed E-state index contributed by atoms with van der Waals surface area (Å²) in [7, 11) is 1.55. The van der Waals surface area contributed by atoms with Gasteiger partial charge in [0.25, 0.3) is 0 Å². The molecule has 25 heavy (non-hydrogen) atoms. The molecule has 2 rings (SSSR count). The van der Waals surface area contributed by atoms with E-state index in [-0.39, 0.29) is 0 Å². The quantitative estimate of drug-likeness (QED) is 0.338. The van der Waals surface area contributed by atoms with Gasteiger partial charge < -0.3 is 9.47 Å². The van der Waals surface area contributed by atoms with Crippen LogP contribution in [0.25, 0.3) is 5.57 Å². The first-order valence-electron chi connectivity index (χ1n) is 7.46. The average Bonchev–Trinajstić information content (AvgIpc) is 2.66. The largest absolute Gasteiger partial charge is 0.497 e. The van der Waals surface area contributed by atoms with Crippen molar-refractivity contribution in [2.75, 3.05) is 7.11 Å². The van der Waals surface area contributed by atoms with Gasteiger partial charge in [0.1, 0.15) is 11.5 Å². The van der Waals surface area contributed by atoms with Crippen LogP contribution in [0, 0.1) is 11.3 Å². The first-order chi connectivity index (χ1) is 12.0. The van der Waals surface area contributed by atoms with E-state index in [4.69, 9.17) is 14.7 Å². The number of hydrogen-bond donors (Lipinski definition) is 0. The van der Waals surface area contributed by atoms with E-state index >= 15 is 0 Å². The highest BCUT2D eigenvalue weighted by atomic mass is 16.5. The van der Waals surface area contributed by atoms with E-state index in [1.807, 2.05) is 6.07 Å². The second kappa shape index (κ2) is 8.32. The molecule has 0 aliphatic rings. The molecule has 0 radical (unpaired) electrons. The molecule has 0 atom stereocenters. The van der Waals surface area contributed by atoms with Crippen LogP contribution in [0.2, 0.25) is 0 Å². The average molecular weight is 331 g/mol. The first kappa shape index (κ1) is 17.8. The normalized spacial score (nSPS) is 10.1. The van der Waals surface area contributed by atoms with Gasteiger partial charge >= 0.3 is 5.97 Å². The van der Waals surface area contributed by atoms with Gasteiger partial charge in [0.15, 0.2) is 0 Å². The highest BCUT2D eigenvalue weighted by Gasteiger charge is 2.09. The Morgan fingerprint density at radius 1 is 1.00 bits per heavy atom. The van der Waals surface area contributed by atoms with Crippen molar-refractivity contribution in [3.63, 3.8) is 0 Å². The Labute approximate surface area is 146 Å². The summed E-state index contributed by atoms with van der Waals surface area (Å²) in [6.07, 6.45) is 3.51. The van der Waals surface area contributed by atoms with Crippen LogP contribution in [0.1, 0.15) is 21.5 Å². The highest BCUT2D eigenvalue weighted by molar-refractivity contribution is 5.91. The Morgan fingerprint density at radius 2 is 1.60 bits per heavy atom. The molecule has 4 nitrogen and oxygen atoms in total. The zero-order chi connectivity index (χ0) is 18.2. The second-order valence-electron chi connectivity index (χ2n) is 5.13. The van der Waals surface area contributed by atoms with Crippen molar-refractivity contribution < 1.29 is 14.3 Å². The molecule has 0 saturated carbocycles. The molecule has 0 aliphatic carbocycles. The zero-order valence-corrected chi connectivity index (χ0v) is 13.9. The van der Waals surface area contributed by atoms with E-state index in [1.165, 1.54) is 0 Å². The third-order valence-corrected chi connectivity index (χ3v) is 3.42. The summed E-state index contributed by atoms with van der Waals surface area (Å²) >= 11 is 0. The number of rotatable bonds is 6. The highest BCUT2D eigenvalue weighted by Crippen LogP contribution is 2.18. The molecule has 0 aliphatic heterocycles. The Bertz CT molecular complexity index is 854. The number of carbonyl (C=O) groups is 1. The number of carbonyl (C=O) groups excluding carboxylic acids is 1. The first-order valence-corrected chi connectivity index (χ1v) is 7.46. The van der Waals surface area contributed by atoms with Crippen molar-refractivity contribution in [3.05, 3.63) is 96.3 Å². The third kappa shape index (κ3) is 4.95. The van der Waals surface area contributed by atoms with Gasteiger partial charge in [-0.05, 0) is 53.6 Å². The molecule has 0 unspecified atom stereocenters. The Morgan fingerprint density at radius 3 is 2.16 bits per heavy atom. The van der Waals surface area contributed by atoms with Gasteiger partial charge in [0.05, 0.1) is 24.3 Å². The van der Waals surface area contributed by atoms with E-state index in [0.717, 1.165) is 11.1 Å². The SMILES string of the molecule is C=C(/C=C\C(=C)c1ccc(C(=O)Oc2ccc(C#N)cc2)cc1)OC. The second-order valence-corrected chi connectivity index (χ2v) is 5.13. The van der Waals surface area contributed by atoms with Gasteiger partial charge in [0, 0.05) is 0 Å². The summed E-state index contributed by atoms with van der Waals surface area (Å²) in [5, 5.41) is 8.76. The summed E-state index contributed by atoms with van der Waals surface area (Å²) < 4.78 is 10.2. The van der Waals surface area contributed by atoms with Crippen molar-refractivity contribution in [2.24, 2.45) is 0 Å². The summed E-state index contributed by atoms with van der Waals surface area (Å²) in [5.41, 5.74) is 2.57. The summed E-state index contributed by atoms with van der Waals surface area (Å²) in [6.45, 7) is 7.66. The topological polar surface area (TPSA) is 59.3 Å². The zero-order valence-electron chi connectivity index (χ0n) is 13.9. The molecule has 0 fully saturated rings. The van der Waals surface area contributed by atoms with Gasteiger partial charge in [-0.2, -0.15) is 5.26 Å². The molecule has 0 spiro atoms. The van der Waals surface area contributed by atoms with E-state index < -0.39 is 5.97 Å². The van der Waals surface area contributed by atoms with Gasteiger partial charge in [-0.3, -0.25) is 0 Å². The number of methoxy groups -OCH3 is 1. The monoisotopic (exact) mass is 331 g/mol. The lowest BCUT2D eigenvalue weighted by Gasteiger charge is -2.06. The fourth-order valence-corrected chi connectivity index (χ4v) is 1.94. The van der Waals surface area contributed by atoms with Crippen LogP contribution in [0.15, 0.2) is 79.6 Å². The van der Waals surface area contributed by atoms with Gasteiger partial charge in [-0.1, -0.05) is 31.4 Å². The molecular formula is C21H17NO3. The number of hydrogen-bond acceptors (Lipinski definition) is 4. The fourth-order valence-electron chi connectivity index (χ4n) is 1.94. The molecule has 0 saturated heterocycles. The van der Waals surface area contributed by atoms with Crippen molar-refractivity contribution in [3.8, 4) is 11.8 Å². The van der Waals surface area contributed by atoms with Crippen molar-refractivity contribution in [1.29, 1.82) is 5.26 Å². The fraction of sp³-hybridized carbons (Fsp3) is 0.0476. The maximum atomic E-state index is 12.2. The number of nitriles is 1. The van der Waals surface area contributed by atoms with Crippen LogP contribution < -0.4 is 4.74 Å². The number of nitrogens with zero attached hydrogens (tertiary/aromatic N) is 1. The third-order valence-electron chi connectivity index (χ3n) is 3.42. The van der Waals surface area contributed by atoms with Crippen molar-refractivity contribution in [2.45, 2.75) is 0 Å². The minimum absolute atomic E-state index is 0.387. The van der Waals surface area contributed by atoms with Crippen LogP contribution in [-0.4, -0.2) is 13.1 Å². The molecule has 2 aromatic carbocycles. The van der Waals surface area contributed by atoms with E-state index in [1.54, 1.807) is 67.8 Å². The van der Waals surface area contributed by atoms with E-state index in [2.05, 4.69) is 13.2 Å². The van der Waals surface area contributed by atoms with Gasteiger partial charge in [0.2, 0.25) is 0 Å². The lowest BCUT2D eigenvalue weighted by molar-refractivity contribution is 0.0735. The Kier molecular flexibility index (Phi) is 5.92. The van der Waals surface area contributed by atoms with E-state index in [0.29, 0.717) is 22.6 Å². The summed E-state index contributed by atoms with van der Waals surface area (Å²) in [4.78, 5) is 12.2. The summed E-state index contributed by atoms with van der Waals surface area (Å²) in [5.74, 6) is 0.451. The molecule has 0 heterocycles. The van der Waals surface area contributed by atoms with Crippen LogP contribution in [0.3, 0.4) is 0 Å². The molecule has 0 amide bonds. The van der Waals surface area contributed by atoms with Crippen LogP contribution in [0.4, 0.5) is 0 Å².